The lowest BCUT2D eigenvalue weighted by Gasteiger charge is -2.14. The molecule has 0 radical (unpaired) electrons. The summed E-state index contributed by atoms with van der Waals surface area (Å²) in [6.07, 6.45) is 3.55. The minimum atomic E-state index is 0.137. The van der Waals surface area contributed by atoms with Crippen LogP contribution < -0.4 is 5.73 Å². The fraction of sp³-hybridized carbons (Fsp3) is 0.444. The number of rotatable bonds is 2. The minimum absolute atomic E-state index is 0.137. The molecule has 2 heteroatoms. The topological polar surface area (TPSA) is 38.9 Å². The van der Waals surface area contributed by atoms with Gasteiger partial charge in [-0.3, -0.25) is 4.98 Å². The average molecular weight is 150 g/mol. The second-order valence-electron chi connectivity index (χ2n) is 3.05. The van der Waals surface area contributed by atoms with E-state index in [1.807, 2.05) is 12.1 Å². The van der Waals surface area contributed by atoms with Gasteiger partial charge in [-0.05, 0) is 23.6 Å². The zero-order chi connectivity index (χ0) is 8.27. The van der Waals surface area contributed by atoms with E-state index in [-0.39, 0.29) is 6.04 Å². The molecule has 0 aliphatic rings. The second-order valence-corrected chi connectivity index (χ2v) is 3.05. The fourth-order valence-electron chi connectivity index (χ4n) is 0.971. The molecule has 2 N–H and O–H groups in total. The first-order valence-electron chi connectivity index (χ1n) is 3.87. The lowest BCUT2D eigenvalue weighted by Crippen LogP contribution is -2.16. The van der Waals surface area contributed by atoms with E-state index in [0.29, 0.717) is 5.92 Å². The summed E-state index contributed by atoms with van der Waals surface area (Å²) in [5.41, 5.74) is 7.07. The maximum absolute atomic E-state index is 5.91. The van der Waals surface area contributed by atoms with Gasteiger partial charge in [0.25, 0.3) is 0 Å². The Morgan fingerprint density at radius 2 is 1.82 bits per heavy atom. The molecule has 0 aliphatic heterocycles. The van der Waals surface area contributed by atoms with Crippen molar-refractivity contribution in [3.8, 4) is 0 Å². The molecule has 0 bridgehead atoms. The fourth-order valence-corrected chi connectivity index (χ4v) is 0.971. The molecule has 0 amide bonds. The number of pyridine rings is 1. The highest BCUT2D eigenvalue weighted by atomic mass is 14.7. The van der Waals surface area contributed by atoms with Crippen LogP contribution in [-0.2, 0) is 0 Å². The number of nitrogens with two attached hydrogens (primary N) is 1. The quantitative estimate of drug-likeness (QED) is 0.697. The summed E-state index contributed by atoms with van der Waals surface area (Å²) in [6.45, 7) is 4.23. The van der Waals surface area contributed by atoms with E-state index in [9.17, 15) is 0 Å². The van der Waals surface area contributed by atoms with Gasteiger partial charge in [0, 0.05) is 18.4 Å². The highest BCUT2D eigenvalue weighted by molar-refractivity contribution is 5.14. The zero-order valence-electron chi connectivity index (χ0n) is 6.99. The van der Waals surface area contributed by atoms with E-state index in [1.165, 1.54) is 0 Å². The van der Waals surface area contributed by atoms with Crippen molar-refractivity contribution in [2.75, 3.05) is 0 Å². The monoisotopic (exact) mass is 150 g/mol. The third-order valence-corrected chi connectivity index (χ3v) is 1.81. The van der Waals surface area contributed by atoms with Crippen molar-refractivity contribution in [3.05, 3.63) is 30.1 Å². The molecule has 0 fully saturated rings. The van der Waals surface area contributed by atoms with Crippen molar-refractivity contribution >= 4 is 0 Å². The molecule has 0 unspecified atom stereocenters. The van der Waals surface area contributed by atoms with Crippen LogP contribution in [0.2, 0.25) is 0 Å². The highest BCUT2D eigenvalue weighted by Crippen LogP contribution is 2.16. The molecule has 0 saturated carbocycles. The summed E-state index contributed by atoms with van der Waals surface area (Å²) in [5.74, 6) is 0.484. The molecular formula is C9H14N2. The molecule has 1 aromatic rings. The first-order chi connectivity index (χ1) is 5.22. The van der Waals surface area contributed by atoms with E-state index in [2.05, 4.69) is 18.8 Å². The molecular weight excluding hydrogens is 136 g/mol. The Morgan fingerprint density at radius 1 is 1.27 bits per heavy atom. The van der Waals surface area contributed by atoms with Gasteiger partial charge in [0.05, 0.1) is 0 Å². The van der Waals surface area contributed by atoms with Crippen molar-refractivity contribution in [1.29, 1.82) is 0 Å². The van der Waals surface area contributed by atoms with Crippen LogP contribution >= 0.6 is 0 Å². The normalized spacial score (nSPS) is 13.5. The van der Waals surface area contributed by atoms with Crippen LogP contribution in [0.1, 0.15) is 25.5 Å². The van der Waals surface area contributed by atoms with Crippen LogP contribution in [0, 0.1) is 5.92 Å². The summed E-state index contributed by atoms with van der Waals surface area (Å²) < 4.78 is 0. The maximum Gasteiger partial charge on any atom is 0.0319 e. The molecule has 2 nitrogen and oxygen atoms in total. The largest absolute Gasteiger partial charge is 0.324 e. The predicted molar refractivity (Wildman–Crippen MR) is 46.0 cm³/mol. The number of aromatic nitrogens is 1. The Labute approximate surface area is 67.5 Å². The van der Waals surface area contributed by atoms with Gasteiger partial charge in [0.15, 0.2) is 0 Å². The van der Waals surface area contributed by atoms with E-state index in [4.69, 9.17) is 5.73 Å². The van der Waals surface area contributed by atoms with E-state index >= 15 is 0 Å². The van der Waals surface area contributed by atoms with Gasteiger partial charge < -0.3 is 5.73 Å². The Balaban J connectivity index is 2.77. The zero-order valence-corrected chi connectivity index (χ0v) is 6.99. The molecule has 0 saturated heterocycles. The summed E-state index contributed by atoms with van der Waals surface area (Å²) in [7, 11) is 0. The van der Waals surface area contributed by atoms with Gasteiger partial charge >= 0.3 is 0 Å². The van der Waals surface area contributed by atoms with Crippen LogP contribution in [0.3, 0.4) is 0 Å². The first kappa shape index (κ1) is 8.21. The molecule has 0 aliphatic carbocycles. The van der Waals surface area contributed by atoms with Crippen LogP contribution in [0.25, 0.3) is 0 Å². The molecule has 0 aromatic carbocycles. The van der Waals surface area contributed by atoms with Crippen LogP contribution in [0.15, 0.2) is 24.5 Å². The Hall–Kier alpha value is -0.890. The first-order valence-corrected chi connectivity index (χ1v) is 3.87. The number of hydrogen-bond donors (Lipinski definition) is 1. The third kappa shape index (κ3) is 2.02. The van der Waals surface area contributed by atoms with Crippen LogP contribution in [0.5, 0.6) is 0 Å². The van der Waals surface area contributed by atoms with E-state index in [1.54, 1.807) is 12.4 Å². The van der Waals surface area contributed by atoms with E-state index < -0.39 is 0 Å². The standard InChI is InChI=1S/C9H14N2/c1-7(2)9(10)8-3-5-11-6-4-8/h3-7,9H,10H2,1-2H3/t9-/m0/s1. The summed E-state index contributed by atoms with van der Waals surface area (Å²) in [6, 6.07) is 4.06. The predicted octanol–water partition coefficient (Wildman–Crippen LogP) is 1.74. The molecule has 1 atom stereocenters. The molecule has 1 rings (SSSR count). The van der Waals surface area contributed by atoms with E-state index in [0.717, 1.165) is 5.56 Å². The van der Waals surface area contributed by atoms with Crippen molar-refractivity contribution in [2.24, 2.45) is 11.7 Å². The summed E-state index contributed by atoms with van der Waals surface area (Å²) in [4.78, 5) is 3.93. The van der Waals surface area contributed by atoms with Gasteiger partial charge in [0.1, 0.15) is 0 Å². The number of nitrogens with zero attached hydrogens (tertiary/aromatic N) is 1. The van der Waals surface area contributed by atoms with Crippen molar-refractivity contribution < 1.29 is 0 Å². The Kier molecular flexibility index (Phi) is 2.60. The van der Waals surface area contributed by atoms with Gasteiger partial charge in [-0.25, -0.2) is 0 Å². The molecule has 0 spiro atoms. The second kappa shape index (κ2) is 3.49. The Morgan fingerprint density at radius 3 is 2.27 bits per heavy atom. The lowest BCUT2D eigenvalue weighted by atomic mass is 9.98. The lowest BCUT2D eigenvalue weighted by molar-refractivity contribution is 0.514. The van der Waals surface area contributed by atoms with Gasteiger partial charge in [0.2, 0.25) is 0 Å². The SMILES string of the molecule is CC(C)[C@H](N)c1ccncc1. The van der Waals surface area contributed by atoms with Crippen LogP contribution in [-0.4, -0.2) is 4.98 Å². The van der Waals surface area contributed by atoms with Crippen molar-refractivity contribution in [3.63, 3.8) is 0 Å². The van der Waals surface area contributed by atoms with Crippen molar-refractivity contribution in [1.82, 2.24) is 4.98 Å². The highest BCUT2D eigenvalue weighted by Gasteiger charge is 2.08. The average Bonchev–Trinajstić information content (AvgIpc) is 2.05. The smallest absolute Gasteiger partial charge is 0.0319 e. The van der Waals surface area contributed by atoms with Gasteiger partial charge in [-0.15, -0.1) is 0 Å². The summed E-state index contributed by atoms with van der Waals surface area (Å²) in [5, 5.41) is 0. The van der Waals surface area contributed by atoms with Gasteiger partial charge in [-0.1, -0.05) is 13.8 Å². The third-order valence-electron chi connectivity index (χ3n) is 1.81. The maximum atomic E-state index is 5.91. The van der Waals surface area contributed by atoms with Gasteiger partial charge in [-0.2, -0.15) is 0 Å². The molecule has 60 valence electrons. The minimum Gasteiger partial charge on any atom is -0.324 e. The number of hydrogen-bond acceptors (Lipinski definition) is 2. The summed E-state index contributed by atoms with van der Waals surface area (Å²) >= 11 is 0. The molecule has 11 heavy (non-hydrogen) atoms. The molecule has 1 aromatic heterocycles. The molecule has 1 heterocycles. The van der Waals surface area contributed by atoms with Crippen molar-refractivity contribution in [2.45, 2.75) is 19.9 Å². The van der Waals surface area contributed by atoms with Crippen LogP contribution in [0.4, 0.5) is 0 Å². The Bertz CT molecular complexity index is 206.